The number of carbonyl (C=O) groups is 1. The lowest BCUT2D eigenvalue weighted by molar-refractivity contribution is -0.359. The van der Waals surface area contributed by atoms with Crippen molar-refractivity contribution < 1.29 is 64.6 Å². The lowest BCUT2D eigenvalue weighted by Crippen LogP contribution is -2.65. The van der Waals surface area contributed by atoms with Crippen LogP contribution in [0.4, 0.5) is 0 Å². The largest absolute Gasteiger partial charge is 0.394 e. The van der Waals surface area contributed by atoms with Gasteiger partial charge in [0, 0.05) is 6.42 Å². The molecule has 2 rings (SSSR count). The molecule has 12 atom stereocenters. The predicted molar refractivity (Wildman–Crippen MR) is 328 cm³/mol. The van der Waals surface area contributed by atoms with Crippen LogP contribution in [0.25, 0.3) is 0 Å². The minimum absolute atomic E-state index is 0.202. The van der Waals surface area contributed by atoms with E-state index < -0.39 is 86.8 Å². The van der Waals surface area contributed by atoms with Crippen molar-refractivity contribution in [3.05, 3.63) is 0 Å². The predicted octanol–water partition coefficient (Wildman–Crippen LogP) is 13.6. The molecule has 0 radical (unpaired) electrons. The van der Waals surface area contributed by atoms with Gasteiger partial charge in [0.2, 0.25) is 5.91 Å². The van der Waals surface area contributed by atoms with Crippen LogP contribution in [0.1, 0.15) is 328 Å². The van der Waals surface area contributed by atoms with Crippen molar-refractivity contribution in [3.8, 4) is 0 Å². The van der Waals surface area contributed by atoms with Crippen LogP contribution in [-0.4, -0.2) is 140 Å². The van der Waals surface area contributed by atoms with E-state index >= 15 is 0 Å². The van der Waals surface area contributed by atoms with Gasteiger partial charge in [-0.15, -0.1) is 0 Å². The summed E-state index contributed by atoms with van der Waals surface area (Å²) in [6, 6.07) is -0.821. The number of aliphatic hydroxyl groups excluding tert-OH is 8. The smallest absolute Gasteiger partial charge is 0.220 e. The molecule has 0 saturated carbocycles. The summed E-state index contributed by atoms with van der Waals surface area (Å²) in [5.74, 6) is -0.202. The molecule has 2 aliphatic heterocycles. The molecule has 2 aliphatic rings. The molecule has 2 heterocycles. The molecule has 0 aromatic carbocycles. The van der Waals surface area contributed by atoms with Crippen LogP contribution in [0.2, 0.25) is 0 Å². The number of hydrogen-bond donors (Lipinski definition) is 9. The highest BCUT2D eigenvalue weighted by Gasteiger charge is 2.51. The van der Waals surface area contributed by atoms with Gasteiger partial charge in [-0.2, -0.15) is 0 Å². The summed E-state index contributed by atoms with van der Waals surface area (Å²) >= 11 is 0. The van der Waals surface area contributed by atoms with Crippen molar-refractivity contribution >= 4 is 5.91 Å². The van der Waals surface area contributed by atoms with E-state index in [0.717, 1.165) is 51.4 Å². The first-order valence-electron chi connectivity index (χ1n) is 34.8. The van der Waals surface area contributed by atoms with Gasteiger partial charge in [-0.1, -0.05) is 309 Å². The number of aliphatic hydroxyl groups is 8. The fourth-order valence-corrected chi connectivity index (χ4v) is 12.0. The van der Waals surface area contributed by atoms with Crippen LogP contribution in [0.15, 0.2) is 0 Å². The molecule has 81 heavy (non-hydrogen) atoms. The van der Waals surface area contributed by atoms with Crippen LogP contribution in [-0.2, 0) is 23.7 Å². The van der Waals surface area contributed by atoms with Gasteiger partial charge in [-0.3, -0.25) is 4.79 Å². The molecule has 0 bridgehead atoms. The third kappa shape index (κ3) is 38.0. The van der Waals surface area contributed by atoms with E-state index in [2.05, 4.69) is 19.2 Å². The summed E-state index contributed by atoms with van der Waals surface area (Å²) in [5, 5.41) is 87.0. The topological polar surface area (TPSA) is 228 Å². The second kappa shape index (κ2) is 53.2. The average molecular weight is 1160 g/mol. The van der Waals surface area contributed by atoms with Crippen LogP contribution in [0.3, 0.4) is 0 Å². The molecule has 482 valence electrons. The molecule has 2 saturated heterocycles. The van der Waals surface area contributed by atoms with E-state index in [9.17, 15) is 45.6 Å². The van der Waals surface area contributed by atoms with Gasteiger partial charge in [0.15, 0.2) is 12.6 Å². The highest BCUT2D eigenvalue weighted by Crippen LogP contribution is 2.30. The highest BCUT2D eigenvalue weighted by molar-refractivity contribution is 5.76. The first-order valence-corrected chi connectivity index (χ1v) is 34.8. The Morgan fingerprint density at radius 2 is 0.704 bits per heavy atom. The van der Waals surface area contributed by atoms with Crippen molar-refractivity contribution in [2.45, 2.75) is 402 Å². The molecule has 14 heteroatoms. The normalized spacial score (nSPS) is 24.0. The van der Waals surface area contributed by atoms with E-state index in [4.69, 9.17) is 18.9 Å². The Bertz CT molecular complexity index is 1360. The maximum Gasteiger partial charge on any atom is 0.220 e. The van der Waals surface area contributed by atoms with Crippen molar-refractivity contribution in [2.24, 2.45) is 0 Å². The lowest BCUT2D eigenvalue weighted by Gasteiger charge is -2.46. The van der Waals surface area contributed by atoms with Crippen LogP contribution in [0, 0.1) is 0 Å². The van der Waals surface area contributed by atoms with Gasteiger partial charge in [-0.25, -0.2) is 0 Å². The van der Waals surface area contributed by atoms with Gasteiger partial charge in [0.25, 0.3) is 0 Å². The van der Waals surface area contributed by atoms with E-state index in [1.54, 1.807) is 0 Å². The second-order valence-corrected chi connectivity index (χ2v) is 25.0. The lowest BCUT2D eigenvalue weighted by atomic mass is 9.97. The van der Waals surface area contributed by atoms with Gasteiger partial charge in [-0.05, 0) is 12.8 Å². The number of ether oxygens (including phenoxy) is 4. The standard InChI is InChI=1S/C67H131NO13/c1-3-5-7-9-11-13-14-15-16-17-18-19-20-21-22-23-24-25-26-27-28-29-30-31-32-33-34-35-36-37-38-39-40-41-42-43-45-47-49-51-59(72)68-55(56(71)50-48-46-44-12-10-8-6-4-2)54-78-66-64(77)62(75)65(58(53-70)80-66)81-67-63(76)61(74)60(73)57(52-69)79-67/h55-58,60-67,69-71,73-77H,3-54H2,1-2H3,(H,68,72). The molecule has 12 unspecified atom stereocenters. The molecule has 1 amide bonds. The molecule has 0 aliphatic carbocycles. The van der Waals surface area contributed by atoms with Crippen molar-refractivity contribution in [3.63, 3.8) is 0 Å². The van der Waals surface area contributed by atoms with Crippen molar-refractivity contribution in [2.75, 3.05) is 19.8 Å². The first-order chi connectivity index (χ1) is 39.6. The van der Waals surface area contributed by atoms with Crippen molar-refractivity contribution in [1.29, 1.82) is 0 Å². The Kier molecular flexibility index (Phi) is 50.0. The number of carbonyl (C=O) groups excluding carboxylic acids is 1. The summed E-state index contributed by atoms with van der Waals surface area (Å²) in [5.41, 5.74) is 0. The number of rotatable bonds is 58. The number of hydrogen-bond acceptors (Lipinski definition) is 13. The Balaban J connectivity index is 1.48. The van der Waals surface area contributed by atoms with Crippen LogP contribution >= 0.6 is 0 Å². The summed E-state index contributed by atoms with van der Waals surface area (Å²) in [4.78, 5) is 13.2. The maximum atomic E-state index is 13.2. The third-order valence-electron chi connectivity index (χ3n) is 17.6. The zero-order valence-corrected chi connectivity index (χ0v) is 52.3. The molecule has 0 aromatic rings. The first kappa shape index (κ1) is 76.1. The Morgan fingerprint density at radius 3 is 1.05 bits per heavy atom. The molecular weight excluding hydrogens is 1030 g/mol. The Labute approximate surface area is 495 Å². The quantitative estimate of drug-likeness (QED) is 0.0259. The zero-order chi connectivity index (χ0) is 58.8. The molecule has 14 nitrogen and oxygen atoms in total. The Hall–Kier alpha value is -1.01. The fraction of sp³-hybridized carbons (Fsp3) is 0.985. The number of nitrogens with one attached hydrogen (secondary N) is 1. The number of amides is 1. The Morgan fingerprint density at radius 1 is 0.395 bits per heavy atom. The highest BCUT2D eigenvalue weighted by atomic mass is 16.7. The van der Waals surface area contributed by atoms with E-state index in [-0.39, 0.29) is 12.5 Å². The summed E-state index contributed by atoms with van der Waals surface area (Å²) in [7, 11) is 0. The average Bonchev–Trinajstić information content (AvgIpc) is 3.51. The van der Waals surface area contributed by atoms with E-state index in [1.165, 1.54) is 250 Å². The number of unbranched alkanes of at least 4 members (excludes halogenated alkanes) is 45. The zero-order valence-electron chi connectivity index (χ0n) is 52.3. The molecule has 2 fully saturated rings. The fourth-order valence-electron chi connectivity index (χ4n) is 12.0. The minimum Gasteiger partial charge on any atom is -0.394 e. The van der Waals surface area contributed by atoms with E-state index in [1.807, 2.05) is 0 Å². The van der Waals surface area contributed by atoms with E-state index in [0.29, 0.717) is 12.8 Å². The third-order valence-corrected chi connectivity index (χ3v) is 17.6. The summed E-state index contributed by atoms with van der Waals surface area (Å²) < 4.78 is 22.8. The van der Waals surface area contributed by atoms with Gasteiger partial charge in [0.05, 0.1) is 32.0 Å². The monoisotopic (exact) mass is 1160 g/mol. The molecule has 0 aromatic heterocycles. The van der Waals surface area contributed by atoms with Crippen LogP contribution < -0.4 is 5.32 Å². The second-order valence-electron chi connectivity index (χ2n) is 25.0. The molecule has 0 spiro atoms. The molecular formula is C67H131NO13. The van der Waals surface area contributed by atoms with Gasteiger partial charge < -0.3 is 65.1 Å². The summed E-state index contributed by atoms with van der Waals surface area (Å²) in [6.07, 6.45) is 46.3. The van der Waals surface area contributed by atoms with Gasteiger partial charge >= 0.3 is 0 Å². The van der Waals surface area contributed by atoms with Crippen molar-refractivity contribution in [1.82, 2.24) is 5.32 Å². The minimum atomic E-state index is -1.78. The van der Waals surface area contributed by atoms with Gasteiger partial charge in [0.1, 0.15) is 48.8 Å². The van der Waals surface area contributed by atoms with Crippen LogP contribution in [0.5, 0.6) is 0 Å². The SMILES string of the molecule is CCCCCCCCCCCCCCCCCCCCCCCCCCCCCCCCCCCCCCCCCC(=O)NC(COC1OC(CO)C(OC2OC(CO)C(O)C(O)C2O)C(O)C1O)C(O)CCCCCCCCCC. The molecule has 9 N–H and O–H groups in total. The maximum absolute atomic E-state index is 13.2. The summed E-state index contributed by atoms with van der Waals surface area (Å²) in [6.45, 7) is 2.86.